The number of aryl methyl sites for hydroxylation is 1. The van der Waals surface area contributed by atoms with Gasteiger partial charge in [0.15, 0.2) is 0 Å². The fraction of sp³-hybridized carbons (Fsp3) is 0.250. The van der Waals surface area contributed by atoms with Crippen LogP contribution in [-0.4, -0.2) is 23.0 Å². The molecule has 1 aliphatic rings. The van der Waals surface area contributed by atoms with Gasteiger partial charge in [0.25, 0.3) is 0 Å². The van der Waals surface area contributed by atoms with E-state index in [0.717, 1.165) is 36.6 Å². The average Bonchev–Trinajstić information content (AvgIpc) is 2.49. The van der Waals surface area contributed by atoms with Crippen LogP contribution in [-0.2, 0) is 13.0 Å². The molecule has 0 atom stereocenters. The first kappa shape index (κ1) is 12.7. The average molecular weight is 267 g/mol. The van der Waals surface area contributed by atoms with E-state index in [-0.39, 0.29) is 0 Å². The zero-order chi connectivity index (χ0) is 13.9. The maximum atomic E-state index is 8.60. The minimum absolute atomic E-state index is 0.841. The van der Waals surface area contributed by atoms with E-state index in [1.807, 2.05) is 19.1 Å². The van der Waals surface area contributed by atoms with Crippen molar-refractivity contribution < 1.29 is 5.21 Å². The van der Waals surface area contributed by atoms with E-state index in [4.69, 9.17) is 5.21 Å². The third kappa shape index (κ3) is 2.37. The monoisotopic (exact) mass is 267 g/mol. The molecule has 0 unspecified atom stereocenters. The molecule has 0 aliphatic carbocycles. The maximum absolute atomic E-state index is 8.60. The van der Waals surface area contributed by atoms with Gasteiger partial charge in [0.2, 0.25) is 0 Å². The number of fused-ring (bicyclic) bond motifs is 1. The van der Waals surface area contributed by atoms with E-state index in [1.54, 1.807) is 0 Å². The summed E-state index contributed by atoms with van der Waals surface area (Å²) >= 11 is 0. The Kier molecular flexibility index (Phi) is 3.37. The molecule has 0 bridgehead atoms. The van der Waals surface area contributed by atoms with E-state index in [9.17, 15) is 0 Å². The Morgan fingerprint density at radius 1 is 1.20 bits per heavy atom. The molecule has 1 aliphatic heterocycles. The molecule has 1 aromatic heterocycles. The van der Waals surface area contributed by atoms with Gasteiger partial charge in [0.1, 0.15) is 5.82 Å². The van der Waals surface area contributed by atoms with Crippen LogP contribution in [0.5, 0.6) is 0 Å². The van der Waals surface area contributed by atoms with Crippen molar-refractivity contribution >= 4 is 12.0 Å². The standard InChI is InChI=1S/C16H17N3O/c1-12-14(10-17-20)6-7-16(18-12)19-9-8-13-4-2-3-5-15(13)11-19/h2-7,10,20H,8-9,11H2,1H3/b17-10-. The second-order valence-corrected chi connectivity index (χ2v) is 5.03. The lowest BCUT2D eigenvalue weighted by Crippen LogP contribution is -2.31. The van der Waals surface area contributed by atoms with E-state index in [1.165, 1.54) is 17.3 Å². The third-order valence-electron chi connectivity index (χ3n) is 3.76. The maximum Gasteiger partial charge on any atom is 0.129 e. The Labute approximate surface area is 118 Å². The molecule has 20 heavy (non-hydrogen) atoms. The van der Waals surface area contributed by atoms with Gasteiger partial charge in [-0.25, -0.2) is 4.98 Å². The van der Waals surface area contributed by atoms with Gasteiger partial charge < -0.3 is 10.1 Å². The first-order valence-corrected chi connectivity index (χ1v) is 6.75. The van der Waals surface area contributed by atoms with Gasteiger partial charge in [-0.2, -0.15) is 0 Å². The summed E-state index contributed by atoms with van der Waals surface area (Å²) in [5, 5.41) is 11.7. The molecule has 1 N–H and O–H groups in total. The Morgan fingerprint density at radius 3 is 2.75 bits per heavy atom. The van der Waals surface area contributed by atoms with E-state index in [0.29, 0.717) is 0 Å². The van der Waals surface area contributed by atoms with Crippen molar-refractivity contribution in [1.29, 1.82) is 0 Å². The molecule has 1 aromatic carbocycles. The summed E-state index contributed by atoms with van der Waals surface area (Å²) in [6.07, 6.45) is 2.47. The topological polar surface area (TPSA) is 48.7 Å². The van der Waals surface area contributed by atoms with Crippen molar-refractivity contribution in [1.82, 2.24) is 4.98 Å². The van der Waals surface area contributed by atoms with Crippen molar-refractivity contribution in [3.63, 3.8) is 0 Å². The summed E-state index contributed by atoms with van der Waals surface area (Å²) in [6.45, 7) is 3.81. The summed E-state index contributed by atoms with van der Waals surface area (Å²) in [5.41, 5.74) is 4.52. The van der Waals surface area contributed by atoms with Gasteiger partial charge in [-0.3, -0.25) is 0 Å². The van der Waals surface area contributed by atoms with Crippen LogP contribution in [0.2, 0.25) is 0 Å². The first-order valence-electron chi connectivity index (χ1n) is 6.75. The SMILES string of the molecule is Cc1nc(N2CCc3ccccc3C2)ccc1/C=N\O. The highest BCUT2D eigenvalue weighted by molar-refractivity contribution is 5.80. The lowest BCUT2D eigenvalue weighted by molar-refractivity contribution is 0.322. The molecular weight excluding hydrogens is 250 g/mol. The normalized spacial score (nSPS) is 14.6. The van der Waals surface area contributed by atoms with Crippen LogP contribution in [0, 0.1) is 6.92 Å². The van der Waals surface area contributed by atoms with Crippen LogP contribution in [0.3, 0.4) is 0 Å². The molecule has 0 spiro atoms. The second-order valence-electron chi connectivity index (χ2n) is 5.03. The van der Waals surface area contributed by atoms with Crippen LogP contribution in [0.25, 0.3) is 0 Å². The molecule has 102 valence electrons. The Morgan fingerprint density at radius 2 is 2.00 bits per heavy atom. The fourth-order valence-corrected chi connectivity index (χ4v) is 2.62. The summed E-state index contributed by atoms with van der Waals surface area (Å²) in [6, 6.07) is 12.5. The van der Waals surface area contributed by atoms with Gasteiger partial charge in [-0.05, 0) is 36.6 Å². The minimum atomic E-state index is 0.841. The van der Waals surface area contributed by atoms with Crippen LogP contribution >= 0.6 is 0 Å². The quantitative estimate of drug-likeness (QED) is 0.517. The van der Waals surface area contributed by atoms with Crippen molar-refractivity contribution in [2.24, 2.45) is 5.16 Å². The number of nitrogens with zero attached hydrogens (tertiary/aromatic N) is 3. The third-order valence-corrected chi connectivity index (χ3v) is 3.76. The highest BCUT2D eigenvalue weighted by Gasteiger charge is 2.17. The zero-order valence-electron chi connectivity index (χ0n) is 11.5. The van der Waals surface area contributed by atoms with Crippen LogP contribution in [0.15, 0.2) is 41.6 Å². The van der Waals surface area contributed by atoms with Gasteiger partial charge in [-0.15, -0.1) is 0 Å². The molecule has 4 nitrogen and oxygen atoms in total. The zero-order valence-corrected chi connectivity index (χ0v) is 11.5. The molecule has 2 heterocycles. The van der Waals surface area contributed by atoms with Crippen molar-refractivity contribution in [2.45, 2.75) is 19.9 Å². The Balaban J connectivity index is 1.86. The molecule has 2 aromatic rings. The van der Waals surface area contributed by atoms with Crippen LogP contribution in [0.1, 0.15) is 22.4 Å². The molecule has 0 amide bonds. The van der Waals surface area contributed by atoms with Crippen LogP contribution in [0.4, 0.5) is 5.82 Å². The summed E-state index contributed by atoms with van der Waals surface area (Å²) in [5.74, 6) is 0.979. The number of rotatable bonds is 2. The Bertz CT molecular complexity index is 652. The molecule has 0 saturated carbocycles. The number of oxime groups is 1. The summed E-state index contributed by atoms with van der Waals surface area (Å²) in [4.78, 5) is 6.90. The molecule has 4 heteroatoms. The largest absolute Gasteiger partial charge is 0.411 e. The number of anilines is 1. The van der Waals surface area contributed by atoms with Crippen molar-refractivity contribution in [3.8, 4) is 0 Å². The number of pyridine rings is 1. The Hall–Kier alpha value is -2.36. The minimum Gasteiger partial charge on any atom is -0.411 e. The number of hydrogen-bond donors (Lipinski definition) is 1. The highest BCUT2D eigenvalue weighted by atomic mass is 16.4. The van der Waals surface area contributed by atoms with E-state index in [2.05, 4.69) is 39.3 Å². The van der Waals surface area contributed by atoms with Gasteiger partial charge in [-0.1, -0.05) is 29.4 Å². The first-order chi connectivity index (χ1) is 9.78. The molecule has 0 saturated heterocycles. The molecule has 3 rings (SSSR count). The van der Waals surface area contributed by atoms with E-state index >= 15 is 0 Å². The molecular formula is C16H17N3O. The van der Waals surface area contributed by atoms with Gasteiger partial charge in [0, 0.05) is 24.3 Å². The predicted octanol–water partition coefficient (Wildman–Crippen LogP) is 2.76. The van der Waals surface area contributed by atoms with E-state index < -0.39 is 0 Å². The predicted molar refractivity (Wildman–Crippen MR) is 79.6 cm³/mol. The van der Waals surface area contributed by atoms with Crippen molar-refractivity contribution in [2.75, 3.05) is 11.4 Å². The number of hydrogen-bond acceptors (Lipinski definition) is 4. The second kappa shape index (κ2) is 5.33. The summed E-state index contributed by atoms with van der Waals surface area (Å²) in [7, 11) is 0. The molecule has 0 fully saturated rings. The van der Waals surface area contributed by atoms with Gasteiger partial charge in [0.05, 0.1) is 6.21 Å². The van der Waals surface area contributed by atoms with Crippen molar-refractivity contribution in [3.05, 3.63) is 58.8 Å². The lowest BCUT2D eigenvalue weighted by atomic mass is 10.00. The highest BCUT2D eigenvalue weighted by Crippen LogP contribution is 2.23. The van der Waals surface area contributed by atoms with Crippen LogP contribution < -0.4 is 4.90 Å². The number of aromatic nitrogens is 1. The van der Waals surface area contributed by atoms with Gasteiger partial charge >= 0.3 is 0 Å². The molecule has 0 radical (unpaired) electrons. The lowest BCUT2D eigenvalue weighted by Gasteiger charge is -2.30. The fourth-order valence-electron chi connectivity index (χ4n) is 2.62. The smallest absolute Gasteiger partial charge is 0.129 e. The number of benzene rings is 1. The summed E-state index contributed by atoms with van der Waals surface area (Å²) < 4.78 is 0.